The number of ether oxygens (including phenoxy) is 4. The van der Waals surface area contributed by atoms with Crippen molar-refractivity contribution in [3.8, 4) is 23.6 Å². The molecule has 2 aliphatic heterocycles. The molecule has 1 aromatic carbocycles. The van der Waals surface area contributed by atoms with Crippen molar-refractivity contribution in [1.82, 2.24) is 0 Å². The Morgan fingerprint density at radius 1 is 1.27 bits per heavy atom. The van der Waals surface area contributed by atoms with Gasteiger partial charge < -0.3 is 24.7 Å². The molecule has 5 atom stereocenters. The zero-order chi connectivity index (χ0) is 18.7. The van der Waals surface area contributed by atoms with Crippen molar-refractivity contribution in [1.29, 1.82) is 10.5 Å². The molecule has 3 aliphatic rings. The molecule has 2 fully saturated rings. The summed E-state index contributed by atoms with van der Waals surface area (Å²) in [6.07, 6.45) is -0.259. The topological polar surface area (TPSA) is 123 Å². The largest absolute Gasteiger partial charge is 0.497 e. The van der Waals surface area contributed by atoms with E-state index in [-0.39, 0.29) is 18.5 Å². The first-order valence-electron chi connectivity index (χ1n) is 8.18. The van der Waals surface area contributed by atoms with Crippen LogP contribution in [0.4, 0.5) is 0 Å². The Morgan fingerprint density at radius 2 is 2.04 bits per heavy atom. The van der Waals surface area contributed by atoms with Gasteiger partial charge in [0.25, 0.3) is 5.91 Å². The van der Waals surface area contributed by atoms with Crippen molar-refractivity contribution in [2.45, 2.75) is 24.9 Å². The Kier molecular flexibility index (Phi) is 3.27. The van der Waals surface area contributed by atoms with Gasteiger partial charge in [-0.2, -0.15) is 10.5 Å². The van der Waals surface area contributed by atoms with Crippen LogP contribution in [0.15, 0.2) is 23.2 Å². The summed E-state index contributed by atoms with van der Waals surface area (Å²) in [4.78, 5) is 4.29. The number of nitriles is 2. The summed E-state index contributed by atoms with van der Waals surface area (Å²) in [5, 5.41) is 20.1. The average Bonchev–Trinajstić information content (AvgIpc) is 3.04. The number of benzene rings is 1. The van der Waals surface area contributed by atoms with Gasteiger partial charge >= 0.3 is 0 Å². The van der Waals surface area contributed by atoms with Gasteiger partial charge in [0.05, 0.1) is 39.1 Å². The maximum atomic E-state index is 10.1. The molecule has 0 radical (unpaired) electrons. The fraction of sp³-hybridized carbons (Fsp3) is 0.500. The van der Waals surface area contributed by atoms with Gasteiger partial charge in [-0.1, -0.05) is 6.07 Å². The summed E-state index contributed by atoms with van der Waals surface area (Å²) in [5.74, 6) is -1.00. The van der Waals surface area contributed by atoms with Crippen molar-refractivity contribution >= 4 is 5.84 Å². The molecule has 2 heterocycles. The lowest BCUT2D eigenvalue weighted by Crippen LogP contribution is -2.39. The van der Waals surface area contributed by atoms with Crippen LogP contribution in [0.3, 0.4) is 0 Å². The SMILES string of the molecule is COc1ccc([C@H]2[C@@]3(C#N)[C@@]4(N=C(N)[C@@]23C#N)OC[C@H](C)O4)c(OC)c1. The first-order chi connectivity index (χ1) is 12.5. The molecule has 134 valence electrons. The Morgan fingerprint density at radius 3 is 2.58 bits per heavy atom. The maximum absolute atomic E-state index is 10.1. The fourth-order valence-electron chi connectivity index (χ4n) is 4.38. The molecule has 2 N–H and O–H groups in total. The Bertz CT molecular complexity index is 903. The zero-order valence-corrected chi connectivity index (χ0v) is 14.6. The monoisotopic (exact) mass is 354 g/mol. The molecule has 0 bridgehead atoms. The lowest BCUT2D eigenvalue weighted by atomic mass is 9.93. The highest BCUT2D eigenvalue weighted by molar-refractivity contribution is 6.00. The quantitative estimate of drug-likeness (QED) is 0.867. The van der Waals surface area contributed by atoms with Gasteiger partial charge in [0.2, 0.25) is 0 Å². The molecule has 8 heteroatoms. The molecule has 8 nitrogen and oxygen atoms in total. The minimum absolute atomic E-state index is 0.0542. The summed E-state index contributed by atoms with van der Waals surface area (Å²) in [6, 6.07) is 9.72. The highest BCUT2D eigenvalue weighted by Crippen LogP contribution is 2.83. The van der Waals surface area contributed by atoms with Gasteiger partial charge in [0, 0.05) is 17.5 Å². The number of amidine groups is 1. The summed E-state index contributed by atoms with van der Waals surface area (Å²) < 4.78 is 22.4. The third kappa shape index (κ3) is 1.57. The molecule has 0 aromatic heterocycles. The lowest BCUT2D eigenvalue weighted by Gasteiger charge is -2.26. The number of nitrogens with zero attached hydrogens (tertiary/aromatic N) is 3. The maximum Gasteiger partial charge on any atom is 0.293 e. The zero-order valence-electron chi connectivity index (χ0n) is 14.6. The van der Waals surface area contributed by atoms with Gasteiger partial charge in [-0.15, -0.1) is 0 Å². The average molecular weight is 354 g/mol. The van der Waals surface area contributed by atoms with Crippen LogP contribution in [0.5, 0.6) is 11.5 Å². The minimum atomic E-state index is -1.57. The number of rotatable bonds is 3. The van der Waals surface area contributed by atoms with Crippen molar-refractivity contribution in [3.05, 3.63) is 23.8 Å². The van der Waals surface area contributed by atoms with E-state index in [2.05, 4.69) is 17.1 Å². The van der Waals surface area contributed by atoms with Gasteiger partial charge in [0.1, 0.15) is 22.7 Å². The number of nitrogens with two attached hydrogens (primary N) is 1. The van der Waals surface area contributed by atoms with E-state index in [0.717, 1.165) is 0 Å². The van der Waals surface area contributed by atoms with Crippen LogP contribution in [0, 0.1) is 33.5 Å². The molecule has 1 spiro atoms. The third-order valence-electron chi connectivity index (χ3n) is 5.55. The summed E-state index contributed by atoms with van der Waals surface area (Å²) in [6.45, 7) is 2.09. The smallest absolute Gasteiger partial charge is 0.293 e. The normalized spacial score (nSPS) is 39.7. The summed E-state index contributed by atoms with van der Waals surface area (Å²) in [5.41, 5.74) is 4.12. The van der Waals surface area contributed by atoms with Gasteiger partial charge in [-0.25, -0.2) is 4.99 Å². The molecule has 0 amide bonds. The molecule has 0 unspecified atom stereocenters. The second-order valence-corrected chi connectivity index (χ2v) is 6.70. The first kappa shape index (κ1) is 16.6. The number of hydrogen-bond donors (Lipinski definition) is 1. The fourth-order valence-corrected chi connectivity index (χ4v) is 4.38. The van der Waals surface area contributed by atoms with E-state index in [9.17, 15) is 10.5 Å². The third-order valence-corrected chi connectivity index (χ3v) is 5.55. The summed E-state index contributed by atoms with van der Waals surface area (Å²) in [7, 11) is 3.07. The van der Waals surface area contributed by atoms with Crippen LogP contribution in [0.2, 0.25) is 0 Å². The molecule has 26 heavy (non-hydrogen) atoms. The van der Waals surface area contributed by atoms with Crippen molar-refractivity contribution in [3.63, 3.8) is 0 Å². The van der Waals surface area contributed by atoms with Crippen LogP contribution < -0.4 is 15.2 Å². The van der Waals surface area contributed by atoms with Crippen molar-refractivity contribution < 1.29 is 18.9 Å². The van der Waals surface area contributed by atoms with Crippen molar-refractivity contribution in [2.75, 3.05) is 20.8 Å². The van der Waals surface area contributed by atoms with Gasteiger partial charge in [0.15, 0.2) is 5.41 Å². The van der Waals surface area contributed by atoms with Crippen molar-refractivity contribution in [2.24, 2.45) is 21.6 Å². The predicted molar refractivity (Wildman–Crippen MR) is 89.2 cm³/mol. The molecule has 1 aliphatic carbocycles. The molecule has 1 saturated carbocycles. The highest BCUT2D eigenvalue weighted by Gasteiger charge is 2.94. The molecular formula is C18H18N4O4. The second kappa shape index (κ2) is 5.10. The van der Waals surface area contributed by atoms with Crippen LogP contribution in [0.25, 0.3) is 0 Å². The Balaban J connectivity index is 1.91. The highest BCUT2D eigenvalue weighted by atomic mass is 16.8. The summed E-state index contributed by atoms with van der Waals surface area (Å²) >= 11 is 0. The van der Waals surface area contributed by atoms with E-state index in [1.54, 1.807) is 25.3 Å². The van der Waals surface area contributed by atoms with Crippen LogP contribution >= 0.6 is 0 Å². The molecule has 4 rings (SSSR count). The predicted octanol–water partition coefficient (Wildman–Crippen LogP) is 1.28. The number of fused-ring (bicyclic) bond motifs is 2. The van der Waals surface area contributed by atoms with E-state index in [0.29, 0.717) is 17.1 Å². The molecule has 1 saturated heterocycles. The lowest BCUT2D eigenvalue weighted by molar-refractivity contribution is -0.193. The Hall–Kier alpha value is -2.81. The first-order valence-corrected chi connectivity index (χ1v) is 8.18. The van der Waals surface area contributed by atoms with E-state index in [4.69, 9.17) is 24.7 Å². The minimum Gasteiger partial charge on any atom is -0.497 e. The van der Waals surface area contributed by atoms with Crippen LogP contribution in [-0.2, 0) is 9.47 Å². The van der Waals surface area contributed by atoms with Crippen LogP contribution in [-0.4, -0.2) is 38.7 Å². The molecule has 1 aromatic rings. The van der Waals surface area contributed by atoms with E-state index >= 15 is 0 Å². The number of methoxy groups -OCH3 is 2. The standard InChI is InChI=1S/C18H18N4O4/c1-10-7-25-18(26-10)17(9-20)14(16(17,8-19)15(21)22-18)12-5-4-11(23-2)6-13(12)24-3/h4-6,10,14H,7H2,1-3H3,(H2,21,22)/t10-,14+,16+,17+,18+/m0/s1. The van der Waals surface area contributed by atoms with Crippen LogP contribution in [0.1, 0.15) is 18.4 Å². The van der Waals surface area contributed by atoms with E-state index < -0.39 is 22.7 Å². The van der Waals surface area contributed by atoms with E-state index in [1.807, 2.05) is 6.92 Å². The van der Waals surface area contributed by atoms with Gasteiger partial charge in [-0.05, 0) is 13.0 Å². The molecular weight excluding hydrogens is 336 g/mol. The van der Waals surface area contributed by atoms with Gasteiger partial charge in [-0.3, -0.25) is 0 Å². The number of aliphatic imine (C=N–C) groups is 1. The Labute approximate surface area is 150 Å². The van der Waals surface area contributed by atoms with E-state index in [1.165, 1.54) is 7.11 Å². The second-order valence-electron chi connectivity index (χ2n) is 6.70. The number of hydrogen-bond acceptors (Lipinski definition) is 8.